The minimum absolute atomic E-state index is 0.106. The van der Waals surface area contributed by atoms with Gasteiger partial charge in [-0.2, -0.15) is 0 Å². The fraction of sp³-hybridized carbons (Fsp3) is 0.657. The van der Waals surface area contributed by atoms with Gasteiger partial charge in [0.05, 0.1) is 13.0 Å². The molecule has 0 spiro atoms. The average Bonchev–Trinajstić information content (AvgIpc) is 2.96. The third-order valence-corrected chi connectivity index (χ3v) is 6.36. The highest BCUT2D eigenvalue weighted by atomic mass is 16.6. The van der Waals surface area contributed by atoms with Crippen LogP contribution in [0.3, 0.4) is 0 Å². The number of aliphatic hydroxyl groups excluding tert-OH is 1. The van der Waals surface area contributed by atoms with Gasteiger partial charge in [0.25, 0.3) is 0 Å². The Balaban J connectivity index is 3.78. The molecule has 0 heterocycles. The number of ether oxygens (including phenoxy) is 2. The molecule has 1 atom stereocenters. The molecule has 0 aromatic heterocycles. The van der Waals surface area contributed by atoms with Gasteiger partial charge >= 0.3 is 11.9 Å². The fourth-order valence-electron chi connectivity index (χ4n) is 3.98. The molecule has 0 bridgehead atoms. The van der Waals surface area contributed by atoms with Gasteiger partial charge < -0.3 is 14.6 Å². The summed E-state index contributed by atoms with van der Waals surface area (Å²) in [5.41, 5.74) is 0. The second-order valence-corrected chi connectivity index (χ2v) is 10.2. The van der Waals surface area contributed by atoms with Gasteiger partial charge in [-0.3, -0.25) is 9.59 Å². The van der Waals surface area contributed by atoms with E-state index >= 15 is 0 Å². The first-order chi connectivity index (χ1) is 19.6. The summed E-state index contributed by atoms with van der Waals surface area (Å²) in [5.74, 6) is -0.745. The minimum atomic E-state index is -0.823. The van der Waals surface area contributed by atoms with Gasteiger partial charge in [0.2, 0.25) is 0 Å². The Kier molecular flexibility index (Phi) is 29.3. The van der Waals surface area contributed by atoms with Crippen LogP contribution in [0, 0.1) is 0 Å². The van der Waals surface area contributed by atoms with Crippen LogP contribution < -0.4 is 0 Å². The van der Waals surface area contributed by atoms with E-state index in [9.17, 15) is 14.7 Å². The van der Waals surface area contributed by atoms with Crippen LogP contribution in [0.4, 0.5) is 0 Å². The van der Waals surface area contributed by atoms with Crippen molar-refractivity contribution in [1.29, 1.82) is 0 Å². The molecule has 0 radical (unpaired) electrons. The number of carbonyl (C=O) groups excluding carboxylic acids is 2. The molecule has 1 unspecified atom stereocenters. The Hall–Kier alpha value is -2.40. The van der Waals surface area contributed by atoms with Gasteiger partial charge in [0.15, 0.2) is 6.10 Å². The number of esters is 2. The van der Waals surface area contributed by atoms with Crippen molar-refractivity contribution >= 4 is 11.9 Å². The molecular formula is C35H58O5. The number of aliphatic hydroxyl groups is 1. The third kappa shape index (κ3) is 28.6. The SMILES string of the molecule is CC/C=C\C/C=C\C/C=C\C/C=C\C/C=C\CC(=O)OC(CO)COC(=O)CCCCCCCCCCCCC. The lowest BCUT2D eigenvalue weighted by molar-refractivity contribution is -0.160. The van der Waals surface area contributed by atoms with Crippen LogP contribution in [0.1, 0.15) is 129 Å². The van der Waals surface area contributed by atoms with Gasteiger partial charge in [-0.25, -0.2) is 0 Å². The molecule has 5 nitrogen and oxygen atoms in total. The highest BCUT2D eigenvalue weighted by Gasteiger charge is 2.15. The Morgan fingerprint density at radius 3 is 1.52 bits per heavy atom. The maximum atomic E-state index is 12.0. The van der Waals surface area contributed by atoms with Crippen LogP contribution in [0.15, 0.2) is 60.8 Å². The van der Waals surface area contributed by atoms with Crippen molar-refractivity contribution in [3.05, 3.63) is 60.8 Å². The van der Waals surface area contributed by atoms with Gasteiger partial charge in [-0.1, -0.05) is 139 Å². The lowest BCUT2D eigenvalue weighted by Gasteiger charge is -2.15. The maximum absolute atomic E-state index is 12.0. The van der Waals surface area contributed by atoms with Gasteiger partial charge in [0.1, 0.15) is 6.61 Å². The van der Waals surface area contributed by atoms with Crippen molar-refractivity contribution in [2.75, 3.05) is 13.2 Å². The van der Waals surface area contributed by atoms with E-state index in [0.717, 1.165) is 51.4 Å². The predicted octanol–water partition coefficient (Wildman–Crippen LogP) is 9.28. The standard InChI is InChI=1S/C35H58O5/c1-3-5-7-9-11-13-15-16-17-18-20-22-24-26-28-30-35(38)40-33(31-36)32-39-34(37)29-27-25-23-21-19-14-12-10-8-6-4-2/h5,7,11,13,16-17,20,22,26,28,33,36H,3-4,6,8-10,12,14-15,18-19,21,23-25,27,29-32H2,1-2H3/b7-5-,13-11-,17-16-,22-20-,28-26-. The molecule has 0 amide bonds. The molecule has 1 N–H and O–H groups in total. The Labute approximate surface area is 245 Å². The van der Waals surface area contributed by atoms with E-state index in [1.807, 2.05) is 6.08 Å². The van der Waals surface area contributed by atoms with Gasteiger partial charge in [-0.15, -0.1) is 0 Å². The second-order valence-electron chi connectivity index (χ2n) is 10.2. The van der Waals surface area contributed by atoms with E-state index in [1.165, 1.54) is 51.4 Å². The quantitative estimate of drug-likeness (QED) is 0.0618. The number of hydrogen-bond donors (Lipinski definition) is 1. The first kappa shape index (κ1) is 37.6. The van der Waals surface area contributed by atoms with Crippen molar-refractivity contribution in [3.63, 3.8) is 0 Å². The molecule has 40 heavy (non-hydrogen) atoms. The summed E-state index contributed by atoms with van der Waals surface area (Å²) < 4.78 is 10.4. The van der Waals surface area contributed by atoms with E-state index in [4.69, 9.17) is 9.47 Å². The molecular weight excluding hydrogens is 500 g/mol. The molecule has 5 heteroatoms. The minimum Gasteiger partial charge on any atom is -0.462 e. The fourth-order valence-corrected chi connectivity index (χ4v) is 3.98. The highest BCUT2D eigenvalue weighted by Crippen LogP contribution is 2.12. The molecule has 228 valence electrons. The average molecular weight is 559 g/mol. The first-order valence-corrected chi connectivity index (χ1v) is 15.8. The van der Waals surface area contributed by atoms with E-state index in [0.29, 0.717) is 6.42 Å². The predicted molar refractivity (Wildman–Crippen MR) is 168 cm³/mol. The smallest absolute Gasteiger partial charge is 0.310 e. The van der Waals surface area contributed by atoms with Crippen LogP contribution in [-0.2, 0) is 19.1 Å². The van der Waals surface area contributed by atoms with Crippen LogP contribution in [-0.4, -0.2) is 36.4 Å². The summed E-state index contributed by atoms with van der Waals surface area (Å²) in [5, 5.41) is 9.46. The van der Waals surface area contributed by atoms with Crippen molar-refractivity contribution in [1.82, 2.24) is 0 Å². The van der Waals surface area contributed by atoms with Crippen molar-refractivity contribution in [2.45, 2.75) is 136 Å². The molecule has 0 saturated heterocycles. The van der Waals surface area contributed by atoms with Crippen LogP contribution in [0.5, 0.6) is 0 Å². The summed E-state index contributed by atoms with van der Waals surface area (Å²) in [6, 6.07) is 0. The van der Waals surface area contributed by atoms with Crippen molar-refractivity contribution in [2.24, 2.45) is 0 Å². The maximum Gasteiger partial charge on any atom is 0.310 e. The zero-order chi connectivity index (χ0) is 29.4. The number of carbonyl (C=O) groups is 2. The molecule has 0 aliphatic carbocycles. The molecule has 0 aromatic carbocycles. The lowest BCUT2D eigenvalue weighted by atomic mass is 10.1. The lowest BCUT2D eigenvalue weighted by Crippen LogP contribution is -2.28. The van der Waals surface area contributed by atoms with Gasteiger partial charge in [0, 0.05) is 6.42 Å². The zero-order valence-electron chi connectivity index (χ0n) is 25.6. The summed E-state index contributed by atoms with van der Waals surface area (Å²) in [7, 11) is 0. The Morgan fingerprint density at radius 1 is 0.600 bits per heavy atom. The molecule has 0 aliphatic rings. The van der Waals surface area contributed by atoms with Crippen molar-refractivity contribution in [3.8, 4) is 0 Å². The molecule has 0 saturated carbocycles. The summed E-state index contributed by atoms with van der Waals surface area (Å²) in [6.45, 7) is 3.90. The summed E-state index contributed by atoms with van der Waals surface area (Å²) in [4.78, 5) is 24.0. The number of unbranched alkanes of at least 4 members (excludes halogenated alkanes) is 10. The normalized spacial score (nSPS) is 13.0. The largest absolute Gasteiger partial charge is 0.462 e. The number of allylic oxidation sites excluding steroid dienone is 9. The summed E-state index contributed by atoms with van der Waals surface area (Å²) >= 11 is 0. The Morgan fingerprint density at radius 2 is 1.05 bits per heavy atom. The molecule has 0 rings (SSSR count). The van der Waals surface area contributed by atoms with Crippen molar-refractivity contribution < 1.29 is 24.2 Å². The zero-order valence-corrected chi connectivity index (χ0v) is 25.6. The number of hydrogen-bond acceptors (Lipinski definition) is 5. The monoisotopic (exact) mass is 558 g/mol. The van der Waals surface area contributed by atoms with E-state index in [2.05, 4.69) is 62.5 Å². The Bertz CT molecular complexity index is 732. The van der Waals surface area contributed by atoms with Crippen LogP contribution in [0.2, 0.25) is 0 Å². The first-order valence-electron chi connectivity index (χ1n) is 15.8. The topological polar surface area (TPSA) is 72.8 Å². The number of rotatable bonds is 27. The van der Waals surface area contributed by atoms with Crippen LogP contribution >= 0.6 is 0 Å². The van der Waals surface area contributed by atoms with Crippen LogP contribution in [0.25, 0.3) is 0 Å². The van der Waals surface area contributed by atoms with E-state index in [-0.39, 0.29) is 25.6 Å². The van der Waals surface area contributed by atoms with E-state index < -0.39 is 12.1 Å². The molecule has 0 aromatic rings. The highest BCUT2D eigenvalue weighted by molar-refractivity contribution is 5.71. The summed E-state index contributed by atoms with van der Waals surface area (Å²) in [6.07, 6.45) is 38.6. The third-order valence-electron chi connectivity index (χ3n) is 6.36. The molecule has 0 aliphatic heterocycles. The van der Waals surface area contributed by atoms with E-state index in [1.54, 1.807) is 6.08 Å². The van der Waals surface area contributed by atoms with Gasteiger partial charge in [-0.05, 0) is 38.5 Å². The second kappa shape index (κ2) is 31.1. The molecule has 0 fully saturated rings.